The van der Waals surface area contributed by atoms with Crippen LogP contribution in [0, 0.1) is 6.07 Å². The average molecular weight is 209 g/mol. The Hall–Kier alpha value is -1.85. The van der Waals surface area contributed by atoms with Gasteiger partial charge in [0.05, 0.1) is 6.07 Å². The highest BCUT2D eigenvalue weighted by molar-refractivity contribution is 5.96. The summed E-state index contributed by atoms with van der Waals surface area (Å²) < 4.78 is 1.39. The number of nitrogens with two attached hydrogens (primary N) is 1. The van der Waals surface area contributed by atoms with Gasteiger partial charge in [-0.05, 0) is 13.8 Å². The molecule has 81 valence electrons. The molecule has 0 aliphatic heterocycles. The second-order valence-corrected chi connectivity index (χ2v) is 2.86. The van der Waals surface area contributed by atoms with E-state index in [4.69, 9.17) is 5.73 Å². The first kappa shape index (κ1) is 11.2. The minimum atomic E-state index is -0.687. The Balaban J connectivity index is 3.05. The number of aromatic nitrogens is 2. The number of amides is 2. The van der Waals surface area contributed by atoms with Crippen LogP contribution in [-0.4, -0.2) is 28.1 Å². The van der Waals surface area contributed by atoms with Gasteiger partial charge in [-0.2, -0.15) is 5.10 Å². The first-order chi connectivity index (χ1) is 7.10. The molecule has 1 radical (unpaired) electrons. The molecule has 1 heterocycles. The summed E-state index contributed by atoms with van der Waals surface area (Å²) in [6, 6.07) is 2.58. The van der Waals surface area contributed by atoms with E-state index in [1.807, 2.05) is 6.92 Å². The van der Waals surface area contributed by atoms with Gasteiger partial charge in [-0.25, -0.2) is 0 Å². The van der Waals surface area contributed by atoms with E-state index in [9.17, 15) is 9.59 Å². The number of aryl methyl sites for hydroxylation is 1. The van der Waals surface area contributed by atoms with E-state index in [1.165, 1.54) is 4.68 Å². The summed E-state index contributed by atoms with van der Waals surface area (Å²) in [7, 11) is 0. The summed E-state index contributed by atoms with van der Waals surface area (Å²) in [5.74, 6) is -0.993. The molecule has 0 unspecified atom stereocenters. The maximum Gasteiger partial charge on any atom is 0.270 e. The third-order valence-electron chi connectivity index (χ3n) is 1.80. The van der Waals surface area contributed by atoms with E-state index in [0.29, 0.717) is 13.1 Å². The quantitative estimate of drug-likeness (QED) is 0.703. The molecule has 0 spiro atoms. The zero-order valence-electron chi connectivity index (χ0n) is 8.70. The summed E-state index contributed by atoms with van der Waals surface area (Å²) in [6.45, 7) is 4.61. The zero-order valence-corrected chi connectivity index (χ0v) is 8.70. The average Bonchev–Trinajstić information content (AvgIpc) is 2.61. The Morgan fingerprint density at radius 2 is 2.20 bits per heavy atom. The number of primary amides is 1. The molecule has 6 nitrogen and oxygen atoms in total. The second kappa shape index (κ2) is 4.59. The molecule has 1 aromatic rings. The zero-order chi connectivity index (χ0) is 11.4. The SMILES string of the molecule is CCNC(=O)c1[c]c(C(N)=O)nn1CC. The van der Waals surface area contributed by atoms with Gasteiger partial charge in [0.25, 0.3) is 11.8 Å². The third-order valence-corrected chi connectivity index (χ3v) is 1.80. The van der Waals surface area contributed by atoms with Gasteiger partial charge in [0.15, 0.2) is 5.69 Å². The van der Waals surface area contributed by atoms with Crippen molar-refractivity contribution >= 4 is 11.8 Å². The molecule has 1 rings (SSSR count). The molecule has 0 aromatic carbocycles. The fourth-order valence-corrected chi connectivity index (χ4v) is 1.13. The van der Waals surface area contributed by atoms with Gasteiger partial charge in [0, 0.05) is 13.1 Å². The van der Waals surface area contributed by atoms with Crippen molar-refractivity contribution in [2.75, 3.05) is 6.54 Å². The van der Waals surface area contributed by atoms with E-state index in [2.05, 4.69) is 16.5 Å². The molecule has 0 atom stereocenters. The number of carbonyl (C=O) groups is 2. The molecule has 15 heavy (non-hydrogen) atoms. The van der Waals surface area contributed by atoms with Crippen LogP contribution in [0.2, 0.25) is 0 Å². The van der Waals surface area contributed by atoms with E-state index in [1.54, 1.807) is 6.92 Å². The molecule has 0 saturated heterocycles. The lowest BCUT2D eigenvalue weighted by Crippen LogP contribution is -2.25. The monoisotopic (exact) mass is 209 g/mol. The lowest BCUT2D eigenvalue weighted by atomic mass is 10.3. The molecule has 0 fully saturated rings. The van der Waals surface area contributed by atoms with E-state index >= 15 is 0 Å². The summed E-state index contributed by atoms with van der Waals surface area (Å²) in [5, 5.41) is 6.46. The number of hydrogen-bond acceptors (Lipinski definition) is 3. The molecule has 2 amide bonds. The van der Waals surface area contributed by atoms with Gasteiger partial charge in [0.2, 0.25) is 0 Å². The van der Waals surface area contributed by atoms with E-state index in [0.717, 1.165) is 0 Å². The molecule has 0 bridgehead atoms. The van der Waals surface area contributed by atoms with Crippen LogP contribution in [-0.2, 0) is 6.54 Å². The normalized spacial score (nSPS) is 10.0. The topological polar surface area (TPSA) is 90.0 Å². The summed E-state index contributed by atoms with van der Waals surface area (Å²) in [6.07, 6.45) is 0. The number of carbonyl (C=O) groups excluding carboxylic acids is 2. The predicted octanol–water partition coefficient (Wildman–Crippen LogP) is -0.448. The first-order valence-corrected chi connectivity index (χ1v) is 4.68. The van der Waals surface area contributed by atoms with Gasteiger partial charge in [-0.1, -0.05) is 0 Å². The van der Waals surface area contributed by atoms with Crippen molar-refractivity contribution in [3.63, 3.8) is 0 Å². The fourth-order valence-electron chi connectivity index (χ4n) is 1.13. The van der Waals surface area contributed by atoms with E-state index in [-0.39, 0.29) is 17.3 Å². The fraction of sp³-hybridized carbons (Fsp3) is 0.444. The molecule has 0 saturated carbocycles. The highest BCUT2D eigenvalue weighted by atomic mass is 16.2. The van der Waals surface area contributed by atoms with E-state index < -0.39 is 5.91 Å². The first-order valence-electron chi connectivity index (χ1n) is 4.68. The van der Waals surface area contributed by atoms with Crippen molar-refractivity contribution in [1.82, 2.24) is 15.1 Å². The molecule has 3 N–H and O–H groups in total. The van der Waals surface area contributed by atoms with Crippen LogP contribution < -0.4 is 11.1 Å². The number of hydrogen-bond donors (Lipinski definition) is 2. The maximum absolute atomic E-state index is 11.5. The van der Waals surface area contributed by atoms with Crippen LogP contribution in [0.1, 0.15) is 34.8 Å². The standard InChI is InChI=1S/C9H13N4O2/c1-3-11-9(15)7-5-6(8(10)14)12-13(7)4-2/h3-4H2,1-2H3,(H2,10,14)(H,11,15). The molecule has 0 aliphatic rings. The minimum absolute atomic E-state index is 0.0156. The largest absolute Gasteiger partial charge is 0.364 e. The summed E-state index contributed by atoms with van der Waals surface area (Å²) in [5.41, 5.74) is 5.26. The van der Waals surface area contributed by atoms with Crippen molar-refractivity contribution in [2.45, 2.75) is 20.4 Å². The van der Waals surface area contributed by atoms with Crippen LogP contribution in [0.15, 0.2) is 0 Å². The number of nitrogens with zero attached hydrogens (tertiary/aromatic N) is 2. The summed E-state index contributed by atoms with van der Waals surface area (Å²) >= 11 is 0. The Bertz CT molecular complexity index is 383. The van der Waals surface area contributed by atoms with Gasteiger partial charge in [0.1, 0.15) is 5.69 Å². The van der Waals surface area contributed by atoms with Crippen molar-refractivity contribution in [2.24, 2.45) is 5.73 Å². The molecule has 6 heteroatoms. The lowest BCUT2D eigenvalue weighted by Gasteiger charge is -2.03. The number of nitrogens with one attached hydrogen (secondary N) is 1. The van der Waals surface area contributed by atoms with Crippen LogP contribution >= 0.6 is 0 Å². The lowest BCUT2D eigenvalue weighted by molar-refractivity contribution is 0.0943. The Kier molecular flexibility index (Phi) is 3.43. The van der Waals surface area contributed by atoms with Gasteiger partial charge in [-0.3, -0.25) is 14.3 Å². The van der Waals surface area contributed by atoms with Crippen LogP contribution in [0.25, 0.3) is 0 Å². The predicted molar refractivity (Wildman–Crippen MR) is 53.3 cm³/mol. The summed E-state index contributed by atoms with van der Waals surface area (Å²) in [4.78, 5) is 22.4. The van der Waals surface area contributed by atoms with Crippen molar-refractivity contribution in [3.8, 4) is 0 Å². The molecular formula is C9H13N4O2. The van der Waals surface area contributed by atoms with Crippen molar-refractivity contribution < 1.29 is 9.59 Å². The molecular weight excluding hydrogens is 196 g/mol. The highest BCUT2D eigenvalue weighted by Crippen LogP contribution is 2.03. The second-order valence-electron chi connectivity index (χ2n) is 2.86. The van der Waals surface area contributed by atoms with Gasteiger partial charge >= 0.3 is 0 Å². The van der Waals surface area contributed by atoms with Gasteiger partial charge in [-0.15, -0.1) is 0 Å². The maximum atomic E-state index is 11.5. The Morgan fingerprint density at radius 1 is 1.53 bits per heavy atom. The van der Waals surface area contributed by atoms with Crippen LogP contribution in [0.4, 0.5) is 0 Å². The smallest absolute Gasteiger partial charge is 0.270 e. The minimum Gasteiger partial charge on any atom is -0.364 e. The van der Waals surface area contributed by atoms with Crippen LogP contribution in [0.3, 0.4) is 0 Å². The van der Waals surface area contributed by atoms with Gasteiger partial charge < -0.3 is 11.1 Å². The van der Waals surface area contributed by atoms with Crippen molar-refractivity contribution in [1.29, 1.82) is 0 Å². The van der Waals surface area contributed by atoms with Crippen LogP contribution in [0.5, 0.6) is 0 Å². The Labute approximate surface area is 87.4 Å². The Morgan fingerprint density at radius 3 is 2.67 bits per heavy atom. The highest BCUT2D eigenvalue weighted by Gasteiger charge is 2.16. The molecule has 0 aliphatic carbocycles. The third kappa shape index (κ3) is 2.34. The molecule has 1 aromatic heterocycles. The van der Waals surface area contributed by atoms with Crippen molar-refractivity contribution in [3.05, 3.63) is 17.5 Å². The number of rotatable bonds is 4.